The number of carboxylic acids is 1. The minimum Gasteiger partial charge on any atom is -0.545 e. The van der Waals surface area contributed by atoms with Crippen LogP contribution < -0.4 is 5.11 Å². The second-order valence-corrected chi connectivity index (χ2v) is 22.7. The fraction of sp³-hybridized carbons (Fsp3) is 0.779. The summed E-state index contributed by atoms with van der Waals surface area (Å²) in [7, 11) is 5.90. The zero-order chi connectivity index (χ0) is 56.2. The molecule has 0 amide bonds. The summed E-state index contributed by atoms with van der Waals surface area (Å²) in [6.45, 7) is 4.55. The van der Waals surface area contributed by atoms with E-state index in [-0.39, 0.29) is 38.6 Å². The predicted octanol–water partition coefficient (Wildman–Crippen LogP) is 18.0. The second-order valence-electron chi connectivity index (χ2n) is 22.7. The monoisotopic (exact) mass is 1080 g/mol. The Bertz CT molecular complexity index is 1490. The quantitative estimate of drug-likeness (QED) is 0.0195. The molecule has 2 unspecified atom stereocenters. The number of ether oxygens (including phenoxy) is 4. The van der Waals surface area contributed by atoms with Gasteiger partial charge in [-0.1, -0.05) is 273 Å². The van der Waals surface area contributed by atoms with Crippen LogP contribution in [0.15, 0.2) is 72.9 Å². The van der Waals surface area contributed by atoms with Gasteiger partial charge in [-0.05, 0) is 70.6 Å². The van der Waals surface area contributed by atoms with Gasteiger partial charge in [0.25, 0.3) is 0 Å². The van der Waals surface area contributed by atoms with Crippen LogP contribution in [0.3, 0.4) is 0 Å². The number of unbranched alkanes of at least 4 members (excludes halogenated alkanes) is 32. The molecular weight excluding hydrogens is 959 g/mol. The third-order valence-electron chi connectivity index (χ3n) is 14.0. The Labute approximate surface area is 475 Å². The van der Waals surface area contributed by atoms with Crippen molar-refractivity contribution < 1.29 is 42.9 Å². The number of rotatable bonds is 59. The Balaban J connectivity index is 3.93. The van der Waals surface area contributed by atoms with E-state index in [1.807, 2.05) is 33.3 Å². The topological polar surface area (TPSA) is 111 Å². The zero-order valence-corrected chi connectivity index (χ0v) is 50.8. The zero-order valence-electron chi connectivity index (χ0n) is 50.8. The molecule has 0 fully saturated rings. The van der Waals surface area contributed by atoms with E-state index in [9.17, 15) is 19.5 Å². The molecule has 0 saturated carbocycles. The smallest absolute Gasteiger partial charge is 0.306 e. The fourth-order valence-corrected chi connectivity index (χ4v) is 9.05. The Morgan fingerprint density at radius 3 is 1.16 bits per heavy atom. The van der Waals surface area contributed by atoms with Crippen molar-refractivity contribution in [3.63, 3.8) is 0 Å². The number of quaternary nitrogens is 1. The van der Waals surface area contributed by atoms with Gasteiger partial charge in [0.05, 0.1) is 40.3 Å². The van der Waals surface area contributed by atoms with Crippen LogP contribution in [0, 0.1) is 0 Å². The number of nitrogens with zero attached hydrogens (tertiary/aromatic N) is 1. The average Bonchev–Trinajstić information content (AvgIpc) is 3.40. The van der Waals surface area contributed by atoms with Crippen LogP contribution in [0.5, 0.6) is 0 Å². The summed E-state index contributed by atoms with van der Waals surface area (Å²) in [5, 5.41) is 11.7. The molecular formula is C68H121NO8. The molecule has 0 spiro atoms. The van der Waals surface area contributed by atoms with E-state index < -0.39 is 24.3 Å². The molecule has 0 rings (SSSR count). The lowest BCUT2D eigenvalue weighted by atomic mass is 10.0. The fourth-order valence-electron chi connectivity index (χ4n) is 9.05. The van der Waals surface area contributed by atoms with Crippen LogP contribution in [0.1, 0.15) is 284 Å². The molecule has 0 aliphatic heterocycles. The van der Waals surface area contributed by atoms with E-state index >= 15 is 0 Å². The summed E-state index contributed by atoms with van der Waals surface area (Å²) in [5.74, 6) is -2.39. The summed E-state index contributed by atoms with van der Waals surface area (Å²) in [6, 6.07) is 0. The molecule has 0 aliphatic carbocycles. The first-order valence-corrected chi connectivity index (χ1v) is 32.1. The maximum atomic E-state index is 12.8. The van der Waals surface area contributed by atoms with Crippen molar-refractivity contribution in [1.29, 1.82) is 0 Å². The van der Waals surface area contributed by atoms with Crippen LogP contribution >= 0.6 is 0 Å². The van der Waals surface area contributed by atoms with E-state index in [0.717, 1.165) is 51.4 Å². The van der Waals surface area contributed by atoms with E-state index in [1.165, 1.54) is 199 Å². The largest absolute Gasteiger partial charge is 0.545 e. The highest BCUT2D eigenvalue weighted by molar-refractivity contribution is 5.70. The van der Waals surface area contributed by atoms with Gasteiger partial charge in [0.2, 0.25) is 0 Å². The van der Waals surface area contributed by atoms with Gasteiger partial charge in [0, 0.05) is 12.8 Å². The van der Waals surface area contributed by atoms with Gasteiger partial charge in [0.15, 0.2) is 12.4 Å². The van der Waals surface area contributed by atoms with Gasteiger partial charge in [0.1, 0.15) is 13.2 Å². The molecule has 2 atom stereocenters. The Morgan fingerprint density at radius 2 is 0.766 bits per heavy atom. The van der Waals surface area contributed by atoms with E-state index in [2.05, 4.69) is 74.6 Å². The average molecular weight is 1080 g/mol. The molecule has 0 heterocycles. The predicted molar refractivity (Wildman–Crippen MR) is 325 cm³/mol. The molecule has 9 heteroatoms. The highest BCUT2D eigenvalue weighted by atomic mass is 16.7. The molecule has 0 aliphatic rings. The molecule has 0 N–H and O–H groups in total. The highest BCUT2D eigenvalue weighted by Crippen LogP contribution is 2.17. The van der Waals surface area contributed by atoms with Crippen LogP contribution in [0.2, 0.25) is 0 Å². The van der Waals surface area contributed by atoms with Crippen molar-refractivity contribution in [2.45, 2.75) is 296 Å². The maximum Gasteiger partial charge on any atom is 0.306 e. The molecule has 77 heavy (non-hydrogen) atoms. The first kappa shape index (κ1) is 73.7. The molecule has 0 saturated heterocycles. The van der Waals surface area contributed by atoms with Gasteiger partial charge >= 0.3 is 11.9 Å². The number of esters is 2. The summed E-state index contributed by atoms with van der Waals surface area (Å²) in [4.78, 5) is 37.2. The Kier molecular flexibility index (Phi) is 56.4. The van der Waals surface area contributed by atoms with E-state index in [1.54, 1.807) is 0 Å². The summed E-state index contributed by atoms with van der Waals surface area (Å²) in [5.41, 5.74) is 0. The number of hydrogen-bond donors (Lipinski definition) is 0. The molecule has 0 aromatic rings. The number of aliphatic carboxylic acids is 1. The molecule has 0 radical (unpaired) electrons. The standard InChI is InChI=1S/C68H121NO8/c1-6-8-10-12-14-16-18-20-21-22-23-24-25-26-27-28-29-30-31-32-33-34-35-36-37-38-39-40-41-42-43-44-45-47-48-50-52-54-56-58-65(70)75-62-64(63-76-68(67(72)73)74-61-60-69(3,4)5)77-66(71)59-57-55-53-51-49-46-19-17-15-13-11-9-7-2/h9,11,15,17-18,20,22-23,46,49,53,55,64,68H,6-8,10,12-14,16,19,21,24-45,47-48,50-52,54,56-63H2,1-5H3/b11-9-,17-15-,20-18-,23-22-,49-46-,55-53-. The number of allylic oxidation sites excluding steroid dienone is 12. The summed E-state index contributed by atoms with van der Waals surface area (Å²) in [6.07, 6.45) is 74.6. The summed E-state index contributed by atoms with van der Waals surface area (Å²) >= 11 is 0. The minimum atomic E-state index is -1.64. The number of likely N-dealkylation sites (N-methyl/N-ethyl adjacent to an activating group) is 1. The van der Waals surface area contributed by atoms with Gasteiger partial charge in [-0.2, -0.15) is 0 Å². The van der Waals surface area contributed by atoms with E-state index in [4.69, 9.17) is 18.9 Å². The molecule has 0 bridgehead atoms. The van der Waals surface area contributed by atoms with Crippen LogP contribution in [0.4, 0.5) is 0 Å². The number of carbonyl (C=O) groups excluding carboxylic acids is 3. The third kappa shape index (κ3) is 60.2. The van der Waals surface area contributed by atoms with E-state index in [0.29, 0.717) is 17.4 Å². The van der Waals surface area contributed by atoms with Crippen molar-refractivity contribution in [3.05, 3.63) is 72.9 Å². The first-order chi connectivity index (χ1) is 37.6. The Morgan fingerprint density at radius 1 is 0.403 bits per heavy atom. The molecule has 0 aromatic heterocycles. The van der Waals surface area contributed by atoms with Crippen LogP contribution in [-0.4, -0.2) is 82.3 Å². The number of hydrogen-bond acceptors (Lipinski definition) is 8. The number of carbonyl (C=O) groups is 3. The van der Waals surface area contributed by atoms with Gasteiger partial charge in [-0.25, -0.2) is 0 Å². The first-order valence-electron chi connectivity index (χ1n) is 32.1. The minimum absolute atomic E-state index is 0.126. The van der Waals surface area contributed by atoms with Crippen molar-refractivity contribution >= 4 is 17.9 Å². The summed E-state index contributed by atoms with van der Waals surface area (Å²) < 4.78 is 22.6. The molecule has 0 aromatic carbocycles. The second kappa shape index (κ2) is 58.9. The SMILES string of the molecule is CC/C=C\C/C=C\C/C=C\C/C=C\CCC(=O)OC(COC(=O)CCCCCCCCCCCCCCCCCCCCCCCCCCCCC/C=C\C/C=C\CCCCCCC)COC(OCC[N+](C)(C)C)C(=O)[O-]. The highest BCUT2D eigenvalue weighted by Gasteiger charge is 2.22. The van der Waals surface area contributed by atoms with Crippen LogP contribution in [-0.2, 0) is 33.3 Å². The maximum absolute atomic E-state index is 12.8. The lowest BCUT2D eigenvalue weighted by molar-refractivity contribution is -0.870. The van der Waals surface area contributed by atoms with Crippen molar-refractivity contribution in [2.75, 3.05) is 47.5 Å². The van der Waals surface area contributed by atoms with Crippen molar-refractivity contribution in [2.24, 2.45) is 0 Å². The molecule has 9 nitrogen and oxygen atoms in total. The van der Waals surface area contributed by atoms with Crippen LogP contribution in [0.25, 0.3) is 0 Å². The molecule has 446 valence electrons. The Hall–Kier alpha value is -3.27. The lowest BCUT2D eigenvalue weighted by Gasteiger charge is -2.26. The van der Waals surface area contributed by atoms with Crippen molar-refractivity contribution in [1.82, 2.24) is 0 Å². The lowest BCUT2D eigenvalue weighted by Crippen LogP contribution is -2.44. The van der Waals surface area contributed by atoms with Gasteiger partial charge in [-0.15, -0.1) is 0 Å². The normalized spacial score (nSPS) is 13.2. The van der Waals surface area contributed by atoms with Gasteiger partial charge in [-0.3, -0.25) is 9.59 Å². The van der Waals surface area contributed by atoms with Crippen molar-refractivity contribution in [3.8, 4) is 0 Å². The third-order valence-corrected chi connectivity index (χ3v) is 14.0. The van der Waals surface area contributed by atoms with Gasteiger partial charge < -0.3 is 33.3 Å². The number of carboxylic acid groups (broad SMARTS) is 1.